The van der Waals surface area contributed by atoms with Crippen LogP contribution in [0.1, 0.15) is 28.1 Å². The van der Waals surface area contributed by atoms with E-state index in [0.717, 1.165) is 0 Å². The molecule has 1 unspecified atom stereocenters. The second kappa shape index (κ2) is 3.25. The van der Waals surface area contributed by atoms with Crippen LogP contribution >= 0.6 is 0 Å². The maximum Gasteiger partial charge on any atom is 0.116 e. The number of benzene rings is 2. The molecule has 3 rings (SSSR count). The molecular formula is C15H15B. The van der Waals surface area contributed by atoms with E-state index in [9.17, 15) is 0 Å². The first-order valence-corrected chi connectivity index (χ1v) is 5.89. The molecule has 0 bridgehead atoms. The minimum Gasteiger partial charge on any atom is -0.0614 e. The first-order chi connectivity index (χ1) is 7.68. The van der Waals surface area contributed by atoms with Gasteiger partial charge in [-0.3, -0.25) is 0 Å². The molecule has 0 N–H and O–H groups in total. The van der Waals surface area contributed by atoms with Gasteiger partial charge >= 0.3 is 0 Å². The van der Waals surface area contributed by atoms with Crippen molar-refractivity contribution in [1.29, 1.82) is 0 Å². The molecule has 1 atom stereocenters. The van der Waals surface area contributed by atoms with Crippen molar-refractivity contribution in [2.45, 2.75) is 19.7 Å². The van der Waals surface area contributed by atoms with Crippen molar-refractivity contribution in [3.8, 4) is 11.1 Å². The monoisotopic (exact) mass is 206 g/mol. The van der Waals surface area contributed by atoms with Gasteiger partial charge in [-0.05, 0) is 47.5 Å². The fraction of sp³-hybridized carbons (Fsp3) is 0.200. The molecule has 2 aromatic rings. The molecule has 16 heavy (non-hydrogen) atoms. The van der Waals surface area contributed by atoms with Crippen molar-refractivity contribution in [2.24, 2.45) is 0 Å². The summed E-state index contributed by atoms with van der Waals surface area (Å²) in [7, 11) is 2.32. The Bertz CT molecular complexity index is 570. The van der Waals surface area contributed by atoms with E-state index in [2.05, 4.69) is 58.1 Å². The molecule has 0 saturated heterocycles. The van der Waals surface area contributed by atoms with Crippen LogP contribution in [0.15, 0.2) is 36.4 Å². The quantitative estimate of drug-likeness (QED) is 0.581. The van der Waals surface area contributed by atoms with E-state index in [1.807, 2.05) is 0 Å². The molecule has 1 aliphatic carbocycles. The summed E-state index contributed by atoms with van der Waals surface area (Å²) in [4.78, 5) is 0. The van der Waals surface area contributed by atoms with E-state index in [0.29, 0.717) is 5.82 Å². The third-order valence-electron chi connectivity index (χ3n) is 3.72. The summed E-state index contributed by atoms with van der Waals surface area (Å²) < 4.78 is 0. The molecule has 0 aliphatic heterocycles. The molecule has 0 radical (unpaired) electrons. The van der Waals surface area contributed by atoms with Crippen LogP contribution in [0.4, 0.5) is 0 Å². The van der Waals surface area contributed by atoms with E-state index in [1.54, 1.807) is 0 Å². The van der Waals surface area contributed by atoms with Crippen molar-refractivity contribution in [1.82, 2.24) is 0 Å². The molecular weight excluding hydrogens is 191 g/mol. The van der Waals surface area contributed by atoms with Gasteiger partial charge in [0.1, 0.15) is 7.85 Å². The number of hydrogen-bond acceptors (Lipinski definition) is 0. The highest BCUT2D eigenvalue weighted by Gasteiger charge is 2.25. The van der Waals surface area contributed by atoms with E-state index in [1.165, 1.54) is 33.4 Å². The van der Waals surface area contributed by atoms with Gasteiger partial charge in [0.2, 0.25) is 0 Å². The molecule has 0 spiro atoms. The van der Waals surface area contributed by atoms with Gasteiger partial charge in [0.25, 0.3) is 0 Å². The smallest absolute Gasteiger partial charge is 0.0614 e. The first-order valence-electron chi connectivity index (χ1n) is 5.89. The van der Waals surface area contributed by atoms with E-state index < -0.39 is 0 Å². The van der Waals surface area contributed by atoms with Crippen molar-refractivity contribution in [3.05, 3.63) is 58.7 Å². The van der Waals surface area contributed by atoms with Crippen LogP contribution in [-0.2, 0) is 0 Å². The number of rotatable bonds is 0. The molecule has 0 heterocycles. The lowest BCUT2D eigenvalue weighted by Crippen LogP contribution is -1.97. The molecule has 1 heteroatoms. The Labute approximate surface area is 97.7 Å². The summed E-state index contributed by atoms with van der Waals surface area (Å²) in [5.41, 5.74) is 8.64. The lowest BCUT2D eigenvalue weighted by molar-refractivity contribution is 1.16. The van der Waals surface area contributed by atoms with E-state index in [-0.39, 0.29) is 0 Å². The summed E-state index contributed by atoms with van der Waals surface area (Å²) in [6.45, 7) is 4.39. The van der Waals surface area contributed by atoms with Crippen LogP contribution in [-0.4, -0.2) is 7.85 Å². The topological polar surface area (TPSA) is 0 Å². The van der Waals surface area contributed by atoms with Crippen LogP contribution < -0.4 is 0 Å². The van der Waals surface area contributed by atoms with Crippen LogP contribution in [0, 0.1) is 13.8 Å². The highest BCUT2D eigenvalue weighted by Crippen LogP contribution is 2.44. The van der Waals surface area contributed by atoms with Gasteiger partial charge in [-0.15, -0.1) is 0 Å². The summed E-state index contributed by atoms with van der Waals surface area (Å²) in [6, 6.07) is 13.4. The molecule has 1 aliphatic rings. The van der Waals surface area contributed by atoms with Gasteiger partial charge in [-0.25, -0.2) is 0 Å². The summed E-state index contributed by atoms with van der Waals surface area (Å²) in [6.07, 6.45) is 0. The SMILES string of the molecule is BC1c2cc(C)ccc2-c2cccc(C)c21. The third-order valence-corrected chi connectivity index (χ3v) is 3.72. The summed E-state index contributed by atoms with van der Waals surface area (Å²) in [5.74, 6) is 0.547. The Balaban J connectivity index is 2.34. The minimum atomic E-state index is 0.547. The lowest BCUT2D eigenvalue weighted by Gasteiger charge is -2.09. The van der Waals surface area contributed by atoms with Gasteiger partial charge < -0.3 is 0 Å². The molecule has 0 amide bonds. The summed E-state index contributed by atoms with van der Waals surface area (Å²) >= 11 is 0. The van der Waals surface area contributed by atoms with Crippen LogP contribution in [0.5, 0.6) is 0 Å². The molecule has 2 aromatic carbocycles. The third kappa shape index (κ3) is 1.18. The van der Waals surface area contributed by atoms with Gasteiger partial charge in [-0.1, -0.05) is 42.0 Å². The van der Waals surface area contributed by atoms with Crippen molar-refractivity contribution >= 4 is 7.85 Å². The van der Waals surface area contributed by atoms with Crippen LogP contribution in [0.2, 0.25) is 0 Å². The molecule has 0 aromatic heterocycles. The zero-order valence-corrected chi connectivity index (χ0v) is 10.0. The fourth-order valence-corrected chi connectivity index (χ4v) is 2.93. The Morgan fingerprint density at radius 1 is 1.00 bits per heavy atom. The summed E-state index contributed by atoms with van der Waals surface area (Å²) in [5, 5.41) is 0. The Morgan fingerprint density at radius 2 is 1.81 bits per heavy atom. The van der Waals surface area contributed by atoms with Gasteiger partial charge in [-0.2, -0.15) is 0 Å². The molecule has 0 saturated carbocycles. The highest BCUT2D eigenvalue weighted by atomic mass is 14.3. The largest absolute Gasteiger partial charge is 0.116 e. The predicted molar refractivity (Wildman–Crippen MR) is 71.7 cm³/mol. The van der Waals surface area contributed by atoms with Crippen molar-refractivity contribution in [3.63, 3.8) is 0 Å². The van der Waals surface area contributed by atoms with Gasteiger partial charge in [0.15, 0.2) is 0 Å². The second-order valence-corrected chi connectivity index (χ2v) is 4.85. The van der Waals surface area contributed by atoms with Crippen LogP contribution in [0.25, 0.3) is 11.1 Å². The van der Waals surface area contributed by atoms with Crippen LogP contribution in [0.3, 0.4) is 0 Å². The highest BCUT2D eigenvalue weighted by molar-refractivity contribution is 6.17. The lowest BCUT2D eigenvalue weighted by atomic mass is 9.77. The standard InChI is InChI=1S/C15H15B/c1-9-6-7-11-12-5-3-4-10(2)14(12)15(16)13(11)8-9/h3-8,15H,16H2,1-2H3. The van der Waals surface area contributed by atoms with Gasteiger partial charge in [0.05, 0.1) is 0 Å². The second-order valence-electron chi connectivity index (χ2n) is 4.85. The van der Waals surface area contributed by atoms with Crippen molar-refractivity contribution in [2.75, 3.05) is 0 Å². The minimum absolute atomic E-state index is 0.547. The molecule has 0 nitrogen and oxygen atoms in total. The average molecular weight is 206 g/mol. The van der Waals surface area contributed by atoms with Gasteiger partial charge in [0, 0.05) is 0 Å². The zero-order valence-electron chi connectivity index (χ0n) is 10.0. The number of fused-ring (bicyclic) bond motifs is 3. The number of hydrogen-bond donors (Lipinski definition) is 0. The van der Waals surface area contributed by atoms with Crippen molar-refractivity contribution < 1.29 is 0 Å². The van der Waals surface area contributed by atoms with E-state index in [4.69, 9.17) is 0 Å². The zero-order chi connectivity index (χ0) is 11.3. The Kier molecular flexibility index (Phi) is 1.97. The maximum absolute atomic E-state index is 2.33. The fourth-order valence-electron chi connectivity index (χ4n) is 2.93. The normalized spacial score (nSPS) is 17.0. The predicted octanol–water partition coefficient (Wildman–Crippen LogP) is 3.01. The molecule has 0 fully saturated rings. The average Bonchev–Trinajstić information content (AvgIpc) is 2.54. The Morgan fingerprint density at radius 3 is 2.62 bits per heavy atom. The number of aryl methyl sites for hydroxylation is 2. The molecule has 78 valence electrons. The maximum atomic E-state index is 2.33. The van der Waals surface area contributed by atoms with E-state index >= 15 is 0 Å². The Hall–Kier alpha value is -1.50. The first kappa shape index (κ1) is 9.71.